The molecule has 1 atom stereocenters. The summed E-state index contributed by atoms with van der Waals surface area (Å²) in [6, 6.07) is 13.7. The number of sulfonamides is 1. The van der Waals surface area contributed by atoms with Crippen LogP contribution in [-0.2, 0) is 20.6 Å². The third-order valence-corrected chi connectivity index (χ3v) is 4.64. The predicted molar refractivity (Wildman–Crippen MR) is 87.9 cm³/mol. The Kier molecular flexibility index (Phi) is 3.96. The number of hydrogen-bond donors (Lipinski definition) is 2. The number of benzene rings is 2. The van der Waals surface area contributed by atoms with Gasteiger partial charge in [-0.15, -0.1) is 0 Å². The summed E-state index contributed by atoms with van der Waals surface area (Å²) >= 11 is 0. The largest absolute Gasteiger partial charge is 0.479 e. The number of anilines is 2. The molecule has 1 amide bonds. The standard InChI is InChI=1S/C16H16N2O4S/c1-11-16(19)17-14-9-13(7-8-15(14)22-11)18-23(20,21)10-12-5-3-2-4-6-12/h2-9,11,18H,10H2,1H3,(H,17,19)/t11-/m0/s1. The van der Waals surface area contributed by atoms with Crippen molar-refractivity contribution >= 4 is 27.3 Å². The Balaban J connectivity index is 1.78. The van der Waals surface area contributed by atoms with Crippen LogP contribution in [0.15, 0.2) is 48.5 Å². The van der Waals surface area contributed by atoms with Gasteiger partial charge in [-0.3, -0.25) is 9.52 Å². The molecule has 2 aromatic carbocycles. The molecule has 1 aliphatic rings. The zero-order valence-electron chi connectivity index (χ0n) is 12.4. The molecule has 0 radical (unpaired) electrons. The van der Waals surface area contributed by atoms with E-state index >= 15 is 0 Å². The summed E-state index contributed by atoms with van der Waals surface area (Å²) in [6.07, 6.45) is -0.567. The fourth-order valence-corrected chi connectivity index (χ4v) is 3.47. The maximum Gasteiger partial charge on any atom is 0.265 e. The first-order chi connectivity index (χ1) is 10.9. The van der Waals surface area contributed by atoms with Crippen molar-refractivity contribution in [1.82, 2.24) is 0 Å². The molecule has 2 N–H and O–H groups in total. The van der Waals surface area contributed by atoms with E-state index in [4.69, 9.17) is 4.74 Å². The maximum absolute atomic E-state index is 12.2. The Morgan fingerprint density at radius 3 is 2.65 bits per heavy atom. The molecule has 0 fully saturated rings. The van der Waals surface area contributed by atoms with E-state index in [0.717, 1.165) is 0 Å². The van der Waals surface area contributed by atoms with Crippen molar-refractivity contribution in [2.75, 3.05) is 10.0 Å². The lowest BCUT2D eigenvalue weighted by atomic mass is 10.2. The van der Waals surface area contributed by atoms with Crippen LogP contribution in [0.1, 0.15) is 12.5 Å². The van der Waals surface area contributed by atoms with Gasteiger partial charge in [0.1, 0.15) is 5.75 Å². The molecule has 0 aliphatic carbocycles. The van der Waals surface area contributed by atoms with Crippen LogP contribution in [0.2, 0.25) is 0 Å². The monoisotopic (exact) mass is 332 g/mol. The van der Waals surface area contributed by atoms with Gasteiger partial charge in [0.15, 0.2) is 6.10 Å². The first-order valence-corrected chi connectivity index (χ1v) is 8.74. The van der Waals surface area contributed by atoms with Gasteiger partial charge in [0.05, 0.1) is 17.1 Å². The summed E-state index contributed by atoms with van der Waals surface area (Å²) in [7, 11) is -3.54. The van der Waals surface area contributed by atoms with Crippen LogP contribution in [0.3, 0.4) is 0 Å². The van der Waals surface area contributed by atoms with Gasteiger partial charge in [-0.1, -0.05) is 30.3 Å². The molecule has 1 heterocycles. The van der Waals surface area contributed by atoms with Crippen LogP contribution >= 0.6 is 0 Å². The Morgan fingerprint density at radius 1 is 1.17 bits per heavy atom. The molecule has 0 spiro atoms. The Labute approximate surface area is 134 Å². The predicted octanol–water partition coefficient (Wildman–Crippen LogP) is 2.35. The van der Waals surface area contributed by atoms with Crippen LogP contribution in [0.5, 0.6) is 5.75 Å². The number of amides is 1. The highest BCUT2D eigenvalue weighted by molar-refractivity contribution is 7.91. The van der Waals surface area contributed by atoms with Crippen molar-refractivity contribution in [2.24, 2.45) is 0 Å². The Bertz CT molecular complexity index is 834. The molecule has 0 saturated carbocycles. The van der Waals surface area contributed by atoms with Gasteiger partial charge in [0.25, 0.3) is 5.91 Å². The van der Waals surface area contributed by atoms with Crippen molar-refractivity contribution in [3.63, 3.8) is 0 Å². The first kappa shape index (κ1) is 15.4. The lowest BCUT2D eigenvalue weighted by Crippen LogP contribution is -2.34. The summed E-state index contributed by atoms with van der Waals surface area (Å²) < 4.78 is 32.4. The summed E-state index contributed by atoms with van der Waals surface area (Å²) in [5, 5.41) is 2.69. The number of rotatable bonds is 4. The lowest BCUT2D eigenvalue weighted by Gasteiger charge is -2.23. The average molecular weight is 332 g/mol. The van der Waals surface area contributed by atoms with Gasteiger partial charge in [0, 0.05) is 0 Å². The second-order valence-corrected chi connectivity index (χ2v) is 7.03. The summed E-state index contributed by atoms with van der Waals surface area (Å²) in [5.41, 5.74) is 1.52. The van der Waals surface area contributed by atoms with Gasteiger partial charge in [-0.25, -0.2) is 8.42 Å². The van der Waals surface area contributed by atoms with E-state index in [0.29, 0.717) is 22.7 Å². The van der Waals surface area contributed by atoms with Gasteiger partial charge in [-0.05, 0) is 30.7 Å². The molecule has 3 rings (SSSR count). The molecule has 6 nitrogen and oxygen atoms in total. The molecule has 0 unspecified atom stereocenters. The van der Waals surface area contributed by atoms with E-state index in [1.54, 1.807) is 49.4 Å². The third-order valence-electron chi connectivity index (χ3n) is 3.38. The molecule has 23 heavy (non-hydrogen) atoms. The van der Waals surface area contributed by atoms with E-state index in [1.165, 1.54) is 0 Å². The van der Waals surface area contributed by atoms with Crippen molar-refractivity contribution in [1.29, 1.82) is 0 Å². The minimum atomic E-state index is -3.54. The molecule has 0 saturated heterocycles. The molecular weight excluding hydrogens is 316 g/mol. The molecule has 7 heteroatoms. The number of nitrogens with one attached hydrogen (secondary N) is 2. The number of fused-ring (bicyclic) bond motifs is 1. The lowest BCUT2D eigenvalue weighted by molar-refractivity contribution is -0.122. The van der Waals surface area contributed by atoms with Crippen molar-refractivity contribution in [3.05, 3.63) is 54.1 Å². The Hall–Kier alpha value is -2.54. The third kappa shape index (κ3) is 3.62. The summed E-state index contributed by atoms with van der Waals surface area (Å²) in [4.78, 5) is 11.6. The number of hydrogen-bond acceptors (Lipinski definition) is 4. The van der Waals surface area contributed by atoms with Crippen LogP contribution in [0.4, 0.5) is 11.4 Å². The highest BCUT2D eigenvalue weighted by Gasteiger charge is 2.24. The van der Waals surface area contributed by atoms with Gasteiger partial charge >= 0.3 is 0 Å². The smallest absolute Gasteiger partial charge is 0.265 e. The van der Waals surface area contributed by atoms with Crippen LogP contribution in [-0.4, -0.2) is 20.4 Å². The van der Waals surface area contributed by atoms with Gasteiger partial charge in [-0.2, -0.15) is 0 Å². The molecule has 120 valence electrons. The topological polar surface area (TPSA) is 84.5 Å². The number of carbonyl (C=O) groups excluding carboxylic acids is 1. The van der Waals surface area contributed by atoms with Gasteiger partial charge < -0.3 is 10.1 Å². The van der Waals surface area contributed by atoms with Crippen molar-refractivity contribution < 1.29 is 17.9 Å². The van der Waals surface area contributed by atoms with Crippen molar-refractivity contribution in [3.8, 4) is 5.75 Å². The van der Waals surface area contributed by atoms with E-state index in [-0.39, 0.29) is 11.7 Å². The van der Waals surface area contributed by atoms with Crippen molar-refractivity contribution in [2.45, 2.75) is 18.8 Å². The zero-order valence-corrected chi connectivity index (χ0v) is 13.3. The van der Waals surface area contributed by atoms with Crippen LogP contribution < -0.4 is 14.8 Å². The quantitative estimate of drug-likeness (QED) is 0.900. The second-order valence-electron chi connectivity index (χ2n) is 5.31. The van der Waals surface area contributed by atoms with Crippen LogP contribution in [0, 0.1) is 0 Å². The molecule has 2 aromatic rings. The SMILES string of the molecule is C[C@@H]1Oc2ccc(NS(=O)(=O)Cc3ccccc3)cc2NC1=O. The molecule has 0 bridgehead atoms. The summed E-state index contributed by atoms with van der Waals surface area (Å²) in [5.74, 6) is 0.134. The average Bonchev–Trinajstić information content (AvgIpc) is 2.49. The van der Waals surface area contributed by atoms with E-state index < -0.39 is 16.1 Å². The highest BCUT2D eigenvalue weighted by Crippen LogP contribution is 2.32. The fraction of sp³-hybridized carbons (Fsp3) is 0.188. The van der Waals surface area contributed by atoms with E-state index in [1.807, 2.05) is 6.07 Å². The van der Waals surface area contributed by atoms with E-state index in [9.17, 15) is 13.2 Å². The maximum atomic E-state index is 12.2. The Morgan fingerprint density at radius 2 is 1.91 bits per heavy atom. The zero-order chi connectivity index (χ0) is 16.4. The highest BCUT2D eigenvalue weighted by atomic mass is 32.2. The molecular formula is C16H16N2O4S. The fourth-order valence-electron chi connectivity index (χ4n) is 2.28. The molecule has 0 aromatic heterocycles. The van der Waals surface area contributed by atoms with Gasteiger partial charge in [0.2, 0.25) is 10.0 Å². The second kappa shape index (κ2) is 5.92. The normalized spacial score (nSPS) is 16.9. The number of ether oxygens (including phenoxy) is 1. The summed E-state index contributed by atoms with van der Waals surface area (Å²) in [6.45, 7) is 1.65. The molecule has 1 aliphatic heterocycles. The van der Waals surface area contributed by atoms with E-state index in [2.05, 4.69) is 10.0 Å². The minimum Gasteiger partial charge on any atom is -0.479 e. The van der Waals surface area contributed by atoms with Crippen LogP contribution in [0.25, 0.3) is 0 Å². The number of carbonyl (C=O) groups is 1. The minimum absolute atomic E-state index is 0.120. The first-order valence-electron chi connectivity index (χ1n) is 7.09.